The Bertz CT molecular complexity index is 2150. The molecule has 0 amide bonds. The van der Waals surface area contributed by atoms with Gasteiger partial charge in [-0.05, 0) is 65.8 Å². The number of carbonyl (C=O) groups is 3. The fourth-order valence-corrected chi connectivity index (χ4v) is 6.68. The van der Waals surface area contributed by atoms with Crippen molar-refractivity contribution >= 4 is 68.6 Å². The van der Waals surface area contributed by atoms with Crippen LogP contribution < -0.4 is 9.47 Å². The van der Waals surface area contributed by atoms with Crippen LogP contribution in [0.3, 0.4) is 0 Å². The molecule has 0 fully saturated rings. The van der Waals surface area contributed by atoms with Crippen molar-refractivity contribution in [1.82, 2.24) is 29.5 Å². The van der Waals surface area contributed by atoms with Crippen molar-refractivity contribution in [2.75, 3.05) is 18.3 Å². The van der Waals surface area contributed by atoms with E-state index in [1.54, 1.807) is 44.4 Å². The van der Waals surface area contributed by atoms with E-state index >= 15 is 0 Å². The summed E-state index contributed by atoms with van der Waals surface area (Å²) in [6.07, 6.45) is 6.50. The second-order valence-electron chi connectivity index (χ2n) is 16.1. The Hall–Kier alpha value is -4.70. The highest BCUT2D eigenvalue weighted by Crippen LogP contribution is 2.37. The molecule has 0 aliphatic rings. The second kappa shape index (κ2) is 23.8. The molecule has 0 radical (unpaired) electrons. The smallest absolute Gasteiger partial charge is 0.363 e. The quantitative estimate of drug-likeness (QED) is 0.0297. The summed E-state index contributed by atoms with van der Waals surface area (Å²) in [5.41, 5.74) is 1.79. The van der Waals surface area contributed by atoms with Gasteiger partial charge in [-0.15, -0.1) is 11.6 Å². The zero-order chi connectivity index (χ0) is 46.2. The average molecular weight is 993 g/mol. The van der Waals surface area contributed by atoms with E-state index in [-0.39, 0.29) is 29.6 Å². The molecule has 4 atom stereocenters. The lowest BCUT2D eigenvalue weighted by molar-refractivity contribution is -0.269. The van der Waals surface area contributed by atoms with Crippen LogP contribution in [-0.4, -0.2) is 76.7 Å². The Morgan fingerprint density at radius 1 is 0.841 bits per heavy atom. The summed E-state index contributed by atoms with van der Waals surface area (Å²) in [6.45, 7) is 11.9. The van der Waals surface area contributed by atoms with Gasteiger partial charge in [-0.1, -0.05) is 130 Å². The number of nitrogens with zero attached hydrogens (tertiary/aromatic N) is 6. The Labute approximate surface area is 392 Å². The Morgan fingerprint density at radius 2 is 1.46 bits per heavy atom. The topological polar surface area (TPSA) is 159 Å². The predicted octanol–water partition coefficient (Wildman–Crippen LogP) is 10.4. The number of hydrogen-bond donors (Lipinski definition) is 0. The number of carbonyl (C=O) groups excluding carboxylic acids is 3. The zero-order valence-electron chi connectivity index (χ0n) is 36.3. The van der Waals surface area contributed by atoms with Crippen molar-refractivity contribution in [3.05, 3.63) is 110 Å². The summed E-state index contributed by atoms with van der Waals surface area (Å²) in [6, 6.07) is 24.2. The van der Waals surface area contributed by atoms with Gasteiger partial charge in [0.05, 0.1) is 18.6 Å². The SMILES string of the molecule is CCCC(C)C(OC(=O)CCC(C)(C)CBr)(Oc1ccc(-c2ccccc2)cc1)n1cncn1.COC(=O)c1ccc(OC(C(OC(=O)C(Cl)Cl)C(C)(C)CCl)n2cncn2)cc1. The maximum Gasteiger partial charge on any atom is 0.363 e. The molecule has 0 saturated carbocycles. The third-order valence-corrected chi connectivity index (χ3v) is 12.5. The van der Waals surface area contributed by atoms with Gasteiger partial charge in [0.25, 0.3) is 0 Å². The van der Waals surface area contributed by atoms with Crippen molar-refractivity contribution in [2.45, 2.75) is 90.3 Å². The molecule has 340 valence electrons. The van der Waals surface area contributed by atoms with E-state index < -0.39 is 40.4 Å². The normalized spacial score (nSPS) is 14.0. The number of hydrogen-bond acceptors (Lipinski definition) is 12. The molecule has 5 rings (SSSR count). The van der Waals surface area contributed by atoms with Gasteiger partial charge < -0.3 is 23.7 Å². The molecule has 3 aromatic carbocycles. The molecule has 5 aromatic rings. The van der Waals surface area contributed by atoms with Crippen LogP contribution in [-0.2, 0) is 29.7 Å². The van der Waals surface area contributed by atoms with Gasteiger partial charge >= 0.3 is 23.8 Å². The van der Waals surface area contributed by atoms with Crippen molar-refractivity contribution in [3.63, 3.8) is 0 Å². The molecule has 0 aliphatic carbocycles. The van der Waals surface area contributed by atoms with Crippen LogP contribution in [0.4, 0.5) is 0 Å². The molecule has 0 spiro atoms. The van der Waals surface area contributed by atoms with Crippen molar-refractivity contribution in [3.8, 4) is 22.6 Å². The van der Waals surface area contributed by atoms with Crippen LogP contribution in [0.2, 0.25) is 0 Å². The van der Waals surface area contributed by atoms with E-state index in [9.17, 15) is 14.4 Å². The maximum atomic E-state index is 13.1. The van der Waals surface area contributed by atoms with E-state index in [0.29, 0.717) is 23.5 Å². The first-order valence-electron chi connectivity index (χ1n) is 20.2. The largest absolute Gasteiger partial charge is 0.465 e. The zero-order valence-corrected chi connectivity index (χ0v) is 40.2. The summed E-state index contributed by atoms with van der Waals surface area (Å²) in [4.78, 5) is 43.5. The molecule has 2 aromatic heterocycles. The third-order valence-electron chi connectivity index (χ3n) is 9.96. The number of esters is 3. The first kappa shape index (κ1) is 50.9. The van der Waals surface area contributed by atoms with Crippen molar-refractivity contribution in [1.29, 1.82) is 0 Å². The number of methoxy groups -OCH3 is 1. The number of ether oxygens (including phenoxy) is 5. The monoisotopic (exact) mass is 990 g/mol. The fourth-order valence-electron chi connectivity index (χ4n) is 6.15. The molecule has 0 saturated heterocycles. The van der Waals surface area contributed by atoms with Crippen LogP contribution in [0.1, 0.15) is 83.8 Å². The fraction of sp³-hybridized carbons (Fsp3) is 0.444. The second-order valence-corrected chi connectivity index (χ2v) is 18.0. The standard InChI is InChI=1S/C27H34BrN3O3.C18H20Cl3N3O5/c1-5-9-21(2)27(31-20-29-19-30-31,34-25(32)16-17-26(3,4)18-28)33-24-14-12-23(13-15-24)22-10-7-6-8-11-22;1-18(2,8-19)13(29-17(26)14(20)21)15(24-10-22-9-23-24)28-12-6-4-11(5-7-12)16(25)27-3/h6-8,10-15,19-21H,5,9,16-18H2,1-4H3;4-7,9-10,13-15H,8H2,1-3H3. The van der Waals surface area contributed by atoms with E-state index in [0.717, 1.165) is 29.3 Å². The molecular formula is C45H54BrCl3N6O8. The first-order chi connectivity index (χ1) is 30.0. The van der Waals surface area contributed by atoms with Crippen LogP contribution in [0.25, 0.3) is 11.1 Å². The Kier molecular flexibility index (Phi) is 19.3. The number of rotatable bonds is 21. The van der Waals surface area contributed by atoms with Crippen LogP contribution in [0.15, 0.2) is 104 Å². The summed E-state index contributed by atoms with van der Waals surface area (Å²) < 4.78 is 31.8. The molecular weight excluding hydrogens is 939 g/mol. The van der Waals surface area contributed by atoms with E-state index in [4.69, 9.17) is 53.8 Å². The summed E-state index contributed by atoms with van der Waals surface area (Å²) in [7, 11) is 1.29. The lowest BCUT2D eigenvalue weighted by Gasteiger charge is -2.37. The Morgan fingerprint density at radius 3 is 2.00 bits per heavy atom. The third kappa shape index (κ3) is 14.4. The lowest BCUT2D eigenvalue weighted by atomic mass is 9.87. The van der Waals surface area contributed by atoms with Crippen LogP contribution in [0, 0.1) is 16.7 Å². The molecule has 18 heteroatoms. The van der Waals surface area contributed by atoms with E-state index in [2.05, 4.69) is 73.7 Å². The van der Waals surface area contributed by atoms with Crippen LogP contribution in [0.5, 0.6) is 11.5 Å². The Balaban J connectivity index is 0.000000280. The minimum atomic E-state index is -1.43. The number of aromatic nitrogens is 6. The number of alkyl halides is 4. The maximum absolute atomic E-state index is 13.1. The van der Waals surface area contributed by atoms with Crippen LogP contribution >= 0.6 is 50.7 Å². The van der Waals surface area contributed by atoms with Gasteiger partial charge in [0, 0.05) is 23.0 Å². The molecule has 0 N–H and O–H groups in total. The summed E-state index contributed by atoms with van der Waals surface area (Å²) >= 11 is 21.0. The molecule has 0 aliphatic heterocycles. The molecule has 14 nitrogen and oxygen atoms in total. The molecule has 63 heavy (non-hydrogen) atoms. The lowest BCUT2D eigenvalue weighted by Crippen LogP contribution is -2.50. The van der Waals surface area contributed by atoms with Crippen molar-refractivity contribution in [2.24, 2.45) is 16.7 Å². The molecule has 4 unspecified atom stereocenters. The number of benzene rings is 3. The van der Waals surface area contributed by atoms with Gasteiger partial charge in [-0.2, -0.15) is 14.9 Å². The number of halogens is 4. The highest BCUT2D eigenvalue weighted by atomic mass is 79.9. The van der Waals surface area contributed by atoms with Gasteiger partial charge in [-0.25, -0.2) is 24.2 Å². The minimum Gasteiger partial charge on any atom is -0.465 e. The van der Waals surface area contributed by atoms with E-state index in [1.165, 1.54) is 35.5 Å². The first-order valence-corrected chi connectivity index (χ1v) is 22.7. The average Bonchev–Trinajstić information content (AvgIpc) is 4.04. The summed E-state index contributed by atoms with van der Waals surface area (Å²) in [5, 5.41) is 9.23. The van der Waals surface area contributed by atoms with Gasteiger partial charge in [0.15, 0.2) is 6.10 Å². The van der Waals surface area contributed by atoms with Gasteiger partial charge in [0.2, 0.25) is 11.1 Å². The molecule has 0 bridgehead atoms. The highest BCUT2D eigenvalue weighted by molar-refractivity contribution is 9.09. The van der Waals surface area contributed by atoms with E-state index in [1.807, 2.05) is 49.4 Å². The summed E-state index contributed by atoms with van der Waals surface area (Å²) in [5.74, 6) is -2.13. The van der Waals surface area contributed by atoms with Gasteiger partial charge in [0.1, 0.15) is 36.8 Å². The molecule has 2 heterocycles. The van der Waals surface area contributed by atoms with Gasteiger partial charge in [-0.3, -0.25) is 4.79 Å². The predicted molar refractivity (Wildman–Crippen MR) is 245 cm³/mol. The highest BCUT2D eigenvalue weighted by Gasteiger charge is 2.46. The minimum absolute atomic E-state index is 0.0158. The van der Waals surface area contributed by atoms with Crippen molar-refractivity contribution < 1.29 is 38.1 Å².